The molecule has 0 atom stereocenters. The van der Waals surface area contributed by atoms with Gasteiger partial charge in [-0.05, 0) is 31.2 Å². The fourth-order valence-corrected chi connectivity index (χ4v) is 5.91. The molecule has 1 aliphatic heterocycles. The largest absolute Gasteiger partial charge is 0.336 e. The van der Waals surface area contributed by atoms with Gasteiger partial charge in [0.15, 0.2) is 0 Å². The van der Waals surface area contributed by atoms with Crippen LogP contribution in [-0.4, -0.2) is 64.2 Å². The lowest BCUT2D eigenvalue weighted by molar-refractivity contribution is 0.0697. The minimum absolute atomic E-state index is 0.145. The maximum atomic E-state index is 12.7. The van der Waals surface area contributed by atoms with Crippen LogP contribution < -0.4 is 0 Å². The first-order valence-corrected chi connectivity index (χ1v) is 11.0. The molecule has 28 heavy (non-hydrogen) atoms. The van der Waals surface area contributed by atoms with Gasteiger partial charge >= 0.3 is 0 Å². The molecule has 1 amide bonds. The van der Waals surface area contributed by atoms with E-state index in [1.807, 2.05) is 6.92 Å². The van der Waals surface area contributed by atoms with Crippen LogP contribution in [0.2, 0.25) is 0 Å². The third kappa shape index (κ3) is 3.58. The zero-order valence-electron chi connectivity index (χ0n) is 15.2. The highest BCUT2D eigenvalue weighted by molar-refractivity contribution is 7.91. The summed E-state index contributed by atoms with van der Waals surface area (Å²) in [6.45, 7) is 3.15. The van der Waals surface area contributed by atoms with Crippen LogP contribution in [-0.2, 0) is 10.0 Å². The van der Waals surface area contributed by atoms with Gasteiger partial charge in [-0.2, -0.15) is 4.31 Å². The monoisotopic (exact) mass is 417 g/mol. The van der Waals surface area contributed by atoms with Gasteiger partial charge < -0.3 is 4.90 Å². The smallest absolute Gasteiger partial charge is 0.255 e. The Morgan fingerprint density at radius 3 is 2.46 bits per heavy atom. The first-order chi connectivity index (χ1) is 13.4. The summed E-state index contributed by atoms with van der Waals surface area (Å²) >= 11 is 1.27. The molecule has 0 unspecified atom stereocenters. The fraction of sp³-hybridized carbons (Fsp3) is 0.278. The van der Waals surface area contributed by atoms with Gasteiger partial charge in [0.05, 0.1) is 5.56 Å². The number of rotatable bonds is 4. The van der Waals surface area contributed by atoms with E-state index in [4.69, 9.17) is 0 Å². The van der Waals surface area contributed by atoms with Crippen molar-refractivity contribution in [1.82, 2.24) is 23.7 Å². The number of pyridine rings is 1. The zero-order chi connectivity index (χ0) is 19.7. The topological polar surface area (TPSA) is 88.4 Å². The third-order valence-electron chi connectivity index (χ3n) is 4.60. The molecule has 10 heteroatoms. The molecule has 0 aromatic carbocycles. The van der Waals surface area contributed by atoms with E-state index in [1.54, 1.807) is 52.5 Å². The second-order valence-electron chi connectivity index (χ2n) is 6.44. The average Bonchev–Trinajstić information content (AvgIpc) is 3.40. The van der Waals surface area contributed by atoms with E-state index in [0.717, 1.165) is 4.88 Å². The van der Waals surface area contributed by atoms with Crippen LogP contribution in [0.3, 0.4) is 0 Å². The SMILES string of the molecule is Cc1ccc(S(=O)(=O)N2CCN(C(=O)c3ccc(-n4ccnc4)nc3)CC2)s1. The Morgan fingerprint density at radius 1 is 1.11 bits per heavy atom. The Hall–Kier alpha value is -2.56. The summed E-state index contributed by atoms with van der Waals surface area (Å²) in [4.78, 5) is 23.6. The molecule has 0 radical (unpaired) electrons. The Kier molecular flexibility index (Phi) is 5.00. The Balaban J connectivity index is 1.41. The number of carbonyl (C=O) groups excluding carboxylic acids is 1. The normalized spacial score (nSPS) is 15.7. The van der Waals surface area contributed by atoms with Crippen LogP contribution in [0.5, 0.6) is 0 Å². The van der Waals surface area contributed by atoms with Crippen molar-refractivity contribution < 1.29 is 13.2 Å². The van der Waals surface area contributed by atoms with Gasteiger partial charge in [0, 0.05) is 49.6 Å². The van der Waals surface area contributed by atoms with Crippen molar-refractivity contribution in [2.75, 3.05) is 26.2 Å². The summed E-state index contributed by atoms with van der Waals surface area (Å²) in [7, 11) is -3.49. The summed E-state index contributed by atoms with van der Waals surface area (Å²) in [5, 5.41) is 0. The van der Waals surface area contributed by atoms with Crippen molar-refractivity contribution in [3.05, 3.63) is 59.6 Å². The molecule has 3 aromatic heterocycles. The Labute approximate surface area is 167 Å². The lowest BCUT2D eigenvalue weighted by Gasteiger charge is -2.33. The quantitative estimate of drug-likeness (QED) is 0.646. The van der Waals surface area contributed by atoms with Gasteiger partial charge in [-0.1, -0.05) is 0 Å². The standard InChI is InChI=1S/C18H19N5O3S2/c1-14-2-5-17(27-14)28(25,26)23-10-8-21(9-11-23)18(24)15-3-4-16(20-12-15)22-7-6-19-13-22/h2-7,12-13H,8-11H2,1H3. The van der Waals surface area contributed by atoms with Crippen LogP contribution in [0.15, 0.2) is 53.4 Å². The molecule has 0 saturated carbocycles. The lowest BCUT2D eigenvalue weighted by Crippen LogP contribution is -2.50. The molecule has 0 spiro atoms. The molecule has 146 valence electrons. The van der Waals surface area contributed by atoms with Crippen molar-refractivity contribution in [3.8, 4) is 5.82 Å². The van der Waals surface area contributed by atoms with Crippen molar-refractivity contribution in [2.24, 2.45) is 0 Å². The fourth-order valence-electron chi connectivity index (χ4n) is 3.05. The highest BCUT2D eigenvalue weighted by atomic mass is 32.2. The molecule has 3 aromatic rings. The molecule has 1 fully saturated rings. The van der Waals surface area contributed by atoms with Gasteiger partial charge in [0.2, 0.25) is 0 Å². The Morgan fingerprint density at radius 2 is 1.89 bits per heavy atom. The molecule has 1 aliphatic rings. The van der Waals surface area contributed by atoms with Crippen LogP contribution in [0.1, 0.15) is 15.2 Å². The summed E-state index contributed by atoms with van der Waals surface area (Å²) in [5.41, 5.74) is 0.481. The summed E-state index contributed by atoms with van der Waals surface area (Å²) in [6, 6.07) is 6.93. The minimum atomic E-state index is -3.49. The maximum absolute atomic E-state index is 12.7. The Bertz CT molecular complexity index is 1070. The number of aromatic nitrogens is 3. The lowest BCUT2D eigenvalue weighted by atomic mass is 10.2. The van der Waals surface area contributed by atoms with E-state index in [9.17, 15) is 13.2 Å². The minimum Gasteiger partial charge on any atom is -0.336 e. The number of amides is 1. The average molecular weight is 418 g/mol. The van der Waals surface area contributed by atoms with Gasteiger partial charge in [-0.25, -0.2) is 18.4 Å². The molecule has 0 aliphatic carbocycles. The van der Waals surface area contributed by atoms with E-state index in [-0.39, 0.29) is 19.0 Å². The summed E-state index contributed by atoms with van der Waals surface area (Å²) in [6.07, 6.45) is 6.61. The second kappa shape index (κ2) is 7.46. The van der Waals surface area contributed by atoms with Crippen LogP contribution in [0.25, 0.3) is 5.82 Å². The summed E-state index contributed by atoms with van der Waals surface area (Å²) in [5.74, 6) is 0.532. The number of hydrogen-bond donors (Lipinski definition) is 0. The second-order valence-corrected chi connectivity index (χ2v) is 9.89. The van der Waals surface area contributed by atoms with Gasteiger partial charge in [0.25, 0.3) is 15.9 Å². The highest BCUT2D eigenvalue weighted by Gasteiger charge is 2.31. The van der Waals surface area contributed by atoms with E-state index in [0.29, 0.717) is 28.7 Å². The highest BCUT2D eigenvalue weighted by Crippen LogP contribution is 2.25. The van der Waals surface area contributed by atoms with Crippen molar-refractivity contribution in [2.45, 2.75) is 11.1 Å². The predicted molar refractivity (Wildman–Crippen MR) is 105 cm³/mol. The number of carbonyl (C=O) groups is 1. The first-order valence-electron chi connectivity index (χ1n) is 8.75. The third-order valence-corrected chi connectivity index (χ3v) is 7.97. The van der Waals surface area contributed by atoms with Crippen molar-refractivity contribution in [3.63, 3.8) is 0 Å². The van der Waals surface area contributed by atoms with Crippen LogP contribution in [0, 0.1) is 6.92 Å². The molecule has 1 saturated heterocycles. The molecular weight excluding hydrogens is 398 g/mol. The molecule has 0 bridgehead atoms. The molecule has 0 N–H and O–H groups in total. The van der Waals surface area contributed by atoms with Gasteiger partial charge in [-0.15, -0.1) is 11.3 Å². The van der Waals surface area contributed by atoms with Gasteiger partial charge in [0.1, 0.15) is 16.4 Å². The number of sulfonamides is 1. The van der Waals surface area contributed by atoms with Crippen molar-refractivity contribution in [1.29, 1.82) is 0 Å². The number of thiophene rings is 1. The number of imidazole rings is 1. The van der Waals surface area contributed by atoms with Crippen molar-refractivity contribution >= 4 is 27.3 Å². The predicted octanol–water partition coefficient (Wildman–Crippen LogP) is 1.78. The molecule has 8 nitrogen and oxygen atoms in total. The zero-order valence-corrected chi connectivity index (χ0v) is 16.9. The number of piperazine rings is 1. The molecular formula is C18H19N5O3S2. The van der Waals surface area contributed by atoms with E-state index < -0.39 is 10.0 Å². The van der Waals surface area contributed by atoms with Gasteiger partial charge in [-0.3, -0.25) is 9.36 Å². The number of hydrogen-bond acceptors (Lipinski definition) is 6. The summed E-state index contributed by atoms with van der Waals surface area (Å²) < 4.78 is 29.0. The van der Waals surface area contributed by atoms with Crippen LogP contribution in [0.4, 0.5) is 0 Å². The molecule has 4 heterocycles. The van der Waals surface area contributed by atoms with E-state index in [1.165, 1.54) is 21.8 Å². The van der Waals surface area contributed by atoms with E-state index in [2.05, 4.69) is 9.97 Å². The maximum Gasteiger partial charge on any atom is 0.255 e. The number of aryl methyl sites for hydroxylation is 1. The van der Waals surface area contributed by atoms with E-state index >= 15 is 0 Å². The number of nitrogens with zero attached hydrogens (tertiary/aromatic N) is 5. The first kappa shape index (κ1) is 18.8. The van der Waals surface area contributed by atoms with Crippen LogP contribution >= 0.6 is 11.3 Å². The molecule has 4 rings (SSSR count).